The van der Waals surface area contributed by atoms with Crippen molar-refractivity contribution in [2.45, 2.75) is 25.9 Å². The number of ether oxygens (including phenoxy) is 1. The number of nitrogens with one attached hydrogen (secondary N) is 2. The first-order chi connectivity index (χ1) is 8.65. The minimum absolute atomic E-state index is 0.111. The van der Waals surface area contributed by atoms with Crippen LogP contribution in [-0.4, -0.2) is 24.5 Å². The van der Waals surface area contributed by atoms with Gasteiger partial charge in [-0.15, -0.1) is 0 Å². The van der Waals surface area contributed by atoms with Gasteiger partial charge in [0.2, 0.25) is 5.91 Å². The molecule has 2 amide bonds. The normalized spacial score (nSPS) is 18.4. The van der Waals surface area contributed by atoms with Crippen molar-refractivity contribution in [2.75, 3.05) is 17.2 Å². The third kappa shape index (κ3) is 3.30. The largest absolute Gasteiger partial charge is 0.368 e. The van der Waals surface area contributed by atoms with E-state index in [2.05, 4.69) is 10.6 Å². The average Bonchev–Trinajstić information content (AvgIpc) is 2.84. The molecule has 1 heterocycles. The molecule has 5 heteroatoms. The van der Waals surface area contributed by atoms with Gasteiger partial charge in [-0.25, -0.2) is 0 Å². The van der Waals surface area contributed by atoms with Crippen LogP contribution in [0.15, 0.2) is 24.3 Å². The highest BCUT2D eigenvalue weighted by atomic mass is 16.5. The topological polar surface area (TPSA) is 67.4 Å². The van der Waals surface area contributed by atoms with E-state index in [0.717, 1.165) is 12.8 Å². The lowest BCUT2D eigenvalue weighted by atomic mass is 10.2. The monoisotopic (exact) mass is 248 g/mol. The van der Waals surface area contributed by atoms with Gasteiger partial charge in [0, 0.05) is 24.9 Å². The molecule has 0 bridgehead atoms. The predicted octanol–water partition coefficient (Wildman–Crippen LogP) is 1.76. The summed E-state index contributed by atoms with van der Waals surface area (Å²) in [4.78, 5) is 22.6. The number of carbonyl (C=O) groups excluding carboxylic acids is 2. The Hall–Kier alpha value is -1.88. The average molecular weight is 248 g/mol. The highest BCUT2D eigenvalue weighted by Gasteiger charge is 2.23. The third-order valence-electron chi connectivity index (χ3n) is 2.69. The van der Waals surface area contributed by atoms with Gasteiger partial charge in [-0.2, -0.15) is 0 Å². The Kier molecular flexibility index (Phi) is 3.94. The number of amides is 2. The maximum absolute atomic E-state index is 11.8. The maximum atomic E-state index is 11.8. The number of carbonyl (C=O) groups is 2. The van der Waals surface area contributed by atoms with Crippen molar-refractivity contribution in [3.05, 3.63) is 24.3 Å². The molecule has 0 aliphatic carbocycles. The second kappa shape index (κ2) is 5.64. The fourth-order valence-corrected chi connectivity index (χ4v) is 1.85. The molecule has 0 spiro atoms. The molecule has 1 fully saturated rings. The molecule has 2 rings (SSSR count). The molecule has 0 radical (unpaired) electrons. The van der Waals surface area contributed by atoms with Crippen molar-refractivity contribution < 1.29 is 14.3 Å². The first-order valence-corrected chi connectivity index (χ1v) is 5.95. The zero-order valence-electron chi connectivity index (χ0n) is 10.2. The standard InChI is InChI=1S/C13H16N2O3/c1-9(16)14-10-4-6-11(7-5-10)15-13(17)12-3-2-8-18-12/h4-7,12H,2-3,8H2,1H3,(H,14,16)(H,15,17)/t12-/m0/s1. The molecule has 2 N–H and O–H groups in total. The smallest absolute Gasteiger partial charge is 0.253 e. The Morgan fingerprint density at radius 1 is 1.17 bits per heavy atom. The summed E-state index contributed by atoms with van der Waals surface area (Å²) in [6.45, 7) is 2.10. The lowest BCUT2D eigenvalue weighted by Gasteiger charge is -2.10. The van der Waals surface area contributed by atoms with Crippen LogP contribution < -0.4 is 10.6 Å². The molecule has 1 saturated heterocycles. The summed E-state index contributed by atoms with van der Waals surface area (Å²) in [5.41, 5.74) is 1.40. The zero-order chi connectivity index (χ0) is 13.0. The molecule has 1 aliphatic rings. The predicted molar refractivity (Wildman–Crippen MR) is 68.3 cm³/mol. The van der Waals surface area contributed by atoms with Crippen LogP contribution in [0.1, 0.15) is 19.8 Å². The van der Waals surface area contributed by atoms with E-state index in [1.54, 1.807) is 24.3 Å². The van der Waals surface area contributed by atoms with E-state index < -0.39 is 0 Å². The van der Waals surface area contributed by atoms with Gasteiger partial charge in [0.25, 0.3) is 5.91 Å². The number of rotatable bonds is 3. The molecule has 1 atom stereocenters. The number of benzene rings is 1. The van der Waals surface area contributed by atoms with Gasteiger partial charge in [0.1, 0.15) is 6.10 Å². The minimum Gasteiger partial charge on any atom is -0.368 e. The van der Waals surface area contributed by atoms with E-state index in [9.17, 15) is 9.59 Å². The van der Waals surface area contributed by atoms with Crippen LogP contribution in [0.2, 0.25) is 0 Å². The summed E-state index contributed by atoms with van der Waals surface area (Å²) in [5, 5.41) is 5.45. The van der Waals surface area contributed by atoms with Crippen LogP contribution in [0.25, 0.3) is 0 Å². The molecule has 5 nitrogen and oxygen atoms in total. The first-order valence-electron chi connectivity index (χ1n) is 5.95. The van der Waals surface area contributed by atoms with Crippen molar-refractivity contribution in [1.82, 2.24) is 0 Å². The summed E-state index contributed by atoms with van der Waals surface area (Å²) in [5.74, 6) is -0.231. The molecule has 96 valence electrons. The van der Waals surface area contributed by atoms with Crippen molar-refractivity contribution >= 4 is 23.2 Å². The Morgan fingerprint density at radius 2 is 1.78 bits per heavy atom. The number of anilines is 2. The van der Waals surface area contributed by atoms with Crippen molar-refractivity contribution in [1.29, 1.82) is 0 Å². The van der Waals surface area contributed by atoms with Crippen molar-refractivity contribution in [3.63, 3.8) is 0 Å². The highest BCUT2D eigenvalue weighted by molar-refractivity contribution is 5.95. The second-order valence-corrected chi connectivity index (χ2v) is 4.25. The Morgan fingerprint density at radius 3 is 2.28 bits per heavy atom. The molecule has 1 aromatic rings. The van der Waals surface area contributed by atoms with E-state index >= 15 is 0 Å². The molecule has 0 aromatic heterocycles. The fourth-order valence-electron chi connectivity index (χ4n) is 1.85. The number of hydrogen-bond acceptors (Lipinski definition) is 3. The first kappa shape index (κ1) is 12.6. The van der Waals surface area contributed by atoms with Gasteiger partial charge in [0.05, 0.1) is 0 Å². The SMILES string of the molecule is CC(=O)Nc1ccc(NC(=O)[C@@H]2CCCO2)cc1. The fraction of sp³-hybridized carbons (Fsp3) is 0.385. The third-order valence-corrected chi connectivity index (χ3v) is 2.69. The van der Waals surface area contributed by atoms with Gasteiger partial charge in [-0.3, -0.25) is 9.59 Å². The lowest BCUT2D eigenvalue weighted by Crippen LogP contribution is -2.26. The highest BCUT2D eigenvalue weighted by Crippen LogP contribution is 2.17. The van der Waals surface area contributed by atoms with Crippen LogP contribution in [0.4, 0.5) is 11.4 Å². The molecular formula is C13H16N2O3. The van der Waals surface area contributed by atoms with Crippen molar-refractivity contribution in [3.8, 4) is 0 Å². The van der Waals surface area contributed by atoms with Crippen LogP contribution in [0.5, 0.6) is 0 Å². The van der Waals surface area contributed by atoms with E-state index in [-0.39, 0.29) is 17.9 Å². The number of hydrogen-bond donors (Lipinski definition) is 2. The van der Waals surface area contributed by atoms with Gasteiger partial charge in [0.15, 0.2) is 0 Å². The summed E-state index contributed by atoms with van der Waals surface area (Å²) < 4.78 is 5.29. The van der Waals surface area contributed by atoms with Gasteiger partial charge < -0.3 is 15.4 Å². The van der Waals surface area contributed by atoms with Gasteiger partial charge in [-0.1, -0.05) is 0 Å². The molecular weight excluding hydrogens is 232 g/mol. The van der Waals surface area contributed by atoms with Gasteiger partial charge >= 0.3 is 0 Å². The van der Waals surface area contributed by atoms with Crippen LogP contribution in [0, 0.1) is 0 Å². The maximum Gasteiger partial charge on any atom is 0.253 e. The van der Waals surface area contributed by atoms with E-state index in [1.165, 1.54) is 6.92 Å². The molecule has 1 aromatic carbocycles. The lowest BCUT2D eigenvalue weighted by molar-refractivity contribution is -0.124. The van der Waals surface area contributed by atoms with Gasteiger partial charge in [-0.05, 0) is 37.1 Å². The van der Waals surface area contributed by atoms with E-state index in [4.69, 9.17) is 4.74 Å². The van der Waals surface area contributed by atoms with Crippen molar-refractivity contribution in [2.24, 2.45) is 0 Å². The van der Waals surface area contributed by atoms with E-state index in [1.807, 2.05) is 0 Å². The quantitative estimate of drug-likeness (QED) is 0.856. The Balaban J connectivity index is 1.93. The second-order valence-electron chi connectivity index (χ2n) is 4.25. The van der Waals surface area contributed by atoms with E-state index in [0.29, 0.717) is 18.0 Å². The van der Waals surface area contributed by atoms with Crippen LogP contribution in [-0.2, 0) is 14.3 Å². The molecule has 1 aliphatic heterocycles. The van der Waals surface area contributed by atoms with Crippen LogP contribution >= 0.6 is 0 Å². The summed E-state index contributed by atoms with van der Waals surface area (Å²) in [6.07, 6.45) is 1.37. The summed E-state index contributed by atoms with van der Waals surface area (Å²) in [6, 6.07) is 6.98. The Labute approximate surface area is 106 Å². The summed E-state index contributed by atoms with van der Waals surface area (Å²) in [7, 11) is 0. The molecule has 0 saturated carbocycles. The minimum atomic E-state index is -0.333. The molecule has 0 unspecified atom stereocenters. The zero-order valence-corrected chi connectivity index (χ0v) is 10.2. The summed E-state index contributed by atoms with van der Waals surface area (Å²) >= 11 is 0. The Bertz CT molecular complexity index is 436. The molecule has 18 heavy (non-hydrogen) atoms. The van der Waals surface area contributed by atoms with Crippen LogP contribution in [0.3, 0.4) is 0 Å².